The monoisotopic (exact) mass is 294 g/mol. The van der Waals surface area contributed by atoms with E-state index in [4.69, 9.17) is 4.74 Å². The van der Waals surface area contributed by atoms with Gasteiger partial charge in [-0.1, -0.05) is 6.07 Å². The van der Waals surface area contributed by atoms with Crippen molar-refractivity contribution in [3.05, 3.63) is 29.6 Å². The van der Waals surface area contributed by atoms with E-state index in [1.807, 2.05) is 6.92 Å². The van der Waals surface area contributed by atoms with Crippen LogP contribution in [0.25, 0.3) is 0 Å². The lowest BCUT2D eigenvalue weighted by Crippen LogP contribution is -2.29. The van der Waals surface area contributed by atoms with Crippen molar-refractivity contribution in [2.24, 2.45) is 0 Å². The Labute approximate surface area is 125 Å². The number of ether oxygens (including phenoxy) is 1. The van der Waals surface area contributed by atoms with Crippen molar-refractivity contribution in [3.63, 3.8) is 0 Å². The van der Waals surface area contributed by atoms with Crippen LogP contribution in [-0.4, -0.2) is 25.6 Å². The average Bonchev–Trinajstić information content (AvgIpc) is 2.98. The molecule has 1 saturated heterocycles. The number of rotatable bonds is 6. The van der Waals surface area contributed by atoms with Crippen LogP contribution >= 0.6 is 0 Å². The molecule has 1 heterocycles. The predicted molar refractivity (Wildman–Crippen MR) is 79.8 cm³/mol. The van der Waals surface area contributed by atoms with Gasteiger partial charge in [-0.3, -0.25) is 4.79 Å². The fraction of sp³-hybridized carbons (Fsp3) is 0.562. The van der Waals surface area contributed by atoms with Gasteiger partial charge in [-0.15, -0.1) is 0 Å². The second-order valence-electron chi connectivity index (χ2n) is 5.52. The summed E-state index contributed by atoms with van der Waals surface area (Å²) in [6, 6.07) is 5.00. The molecule has 2 N–H and O–H groups in total. The Kier molecular flexibility index (Phi) is 5.56. The van der Waals surface area contributed by atoms with Gasteiger partial charge in [0.15, 0.2) is 11.6 Å². The van der Waals surface area contributed by atoms with Gasteiger partial charge in [-0.05, 0) is 50.4 Å². The number of hydrogen-bond donors (Lipinski definition) is 2. The Morgan fingerprint density at radius 1 is 1.57 bits per heavy atom. The van der Waals surface area contributed by atoms with E-state index in [2.05, 4.69) is 10.6 Å². The van der Waals surface area contributed by atoms with E-state index in [-0.39, 0.29) is 17.7 Å². The molecule has 1 aromatic rings. The molecule has 1 fully saturated rings. The predicted octanol–water partition coefficient (Wildman–Crippen LogP) is 2.54. The number of carbonyl (C=O) groups is 1. The first-order chi connectivity index (χ1) is 10.1. The molecular weight excluding hydrogens is 271 g/mol. The van der Waals surface area contributed by atoms with Crippen molar-refractivity contribution in [3.8, 4) is 5.75 Å². The molecule has 4 nitrogen and oxygen atoms in total. The molecule has 0 spiro atoms. The maximum atomic E-state index is 13.7. The van der Waals surface area contributed by atoms with Crippen LogP contribution in [0.2, 0.25) is 0 Å². The van der Waals surface area contributed by atoms with Crippen LogP contribution < -0.4 is 15.4 Å². The van der Waals surface area contributed by atoms with E-state index < -0.39 is 5.82 Å². The Morgan fingerprint density at radius 2 is 2.38 bits per heavy atom. The second kappa shape index (κ2) is 7.41. The molecule has 2 rings (SSSR count). The number of methoxy groups -OCH3 is 1. The van der Waals surface area contributed by atoms with Crippen molar-refractivity contribution in [2.75, 3.05) is 13.7 Å². The summed E-state index contributed by atoms with van der Waals surface area (Å²) in [5.41, 5.74) is 0.737. The third kappa shape index (κ3) is 4.43. The zero-order valence-electron chi connectivity index (χ0n) is 12.6. The molecule has 0 aliphatic carbocycles. The summed E-state index contributed by atoms with van der Waals surface area (Å²) in [6.45, 7) is 2.90. The lowest BCUT2D eigenvalue weighted by molar-refractivity contribution is -0.121. The number of nitrogens with one attached hydrogen (secondary N) is 2. The van der Waals surface area contributed by atoms with Gasteiger partial charge < -0.3 is 15.4 Å². The first kappa shape index (κ1) is 15.8. The topological polar surface area (TPSA) is 50.4 Å². The lowest BCUT2D eigenvalue weighted by Gasteiger charge is -2.16. The first-order valence-corrected chi connectivity index (χ1v) is 7.46. The van der Waals surface area contributed by atoms with Gasteiger partial charge in [0, 0.05) is 12.5 Å². The van der Waals surface area contributed by atoms with E-state index in [0.29, 0.717) is 12.5 Å². The molecule has 5 heteroatoms. The quantitative estimate of drug-likeness (QED) is 0.847. The highest BCUT2D eigenvalue weighted by molar-refractivity contribution is 5.76. The Hall–Kier alpha value is -1.62. The number of amides is 1. The van der Waals surface area contributed by atoms with Crippen molar-refractivity contribution < 1.29 is 13.9 Å². The molecule has 116 valence electrons. The molecular formula is C16H23FN2O2. The van der Waals surface area contributed by atoms with E-state index in [1.54, 1.807) is 12.1 Å². The maximum absolute atomic E-state index is 13.7. The summed E-state index contributed by atoms with van der Waals surface area (Å²) in [5.74, 6) is -0.191. The maximum Gasteiger partial charge on any atom is 0.220 e. The largest absolute Gasteiger partial charge is 0.494 e. The molecule has 0 bridgehead atoms. The molecule has 1 amide bonds. The molecule has 1 aliphatic rings. The molecule has 0 radical (unpaired) electrons. The van der Waals surface area contributed by atoms with Gasteiger partial charge in [-0.25, -0.2) is 4.39 Å². The molecule has 1 aromatic carbocycles. The average molecular weight is 294 g/mol. The summed E-state index contributed by atoms with van der Waals surface area (Å²) in [4.78, 5) is 11.9. The van der Waals surface area contributed by atoms with Crippen LogP contribution in [0.5, 0.6) is 5.75 Å². The normalized spacial score (nSPS) is 19.3. The van der Waals surface area contributed by atoms with Crippen LogP contribution in [0.15, 0.2) is 18.2 Å². The van der Waals surface area contributed by atoms with Crippen LogP contribution in [0.4, 0.5) is 4.39 Å². The van der Waals surface area contributed by atoms with Gasteiger partial charge in [0.1, 0.15) is 0 Å². The number of halogens is 1. The highest BCUT2D eigenvalue weighted by atomic mass is 19.1. The van der Waals surface area contributed by atoms with E-state index in [0.717, 1.165) is 24.9 Å². The highest BCUT2D eigenvalue weighted by Gasteiger charge is 2.17. The third-order valence-electron chi connectivity index (χ3n) is 3.94. The fourth-order valence-corrected chi connectivity index (χ4v) is 2.66. The molecule has 2 atom stereocenters. The Bertz CT molecular complexity index is 487. The van der Waals surface area contributed by atoms with E-state index in [1.165, 1.54) is 19.6 Å². The van der Waals surface area contributed by atoms with Crippen LogP contribution in [0.1, 0.15) is 44.2 Å². The summed E-state index contributed by atoms with van der Waals surface area (Å²) in [6.07, 6.45) is 3.69. The smallest absolute Gasteiger partial charge is 0.220 e. The summed E-state index contributed by atoms with van der Waals surface area (Å²) in [5, 5.41) is 6.28. The Morgan fingerprint density at radius 3 is 3.00 bits per heavy atom. The van der Waals surface area contributed by atoms with E-state index >= 15 is 0 Å². The molecule has 0 saturated carbocycles. The van der Waals surface area contributed by atoms with Crippen LogP contribution in [-0.2, 0) is 4.79 Å². The van der Waals surface area contributed by atoms with Gasteiger partial charge in [0.05, 0.1) is 13.2 Å². The molecule has 21 heavy (non-hydrogen) atoms. The molecule has 2 unspecified atom stereocenters. The summed E-state index contributed by atoms with van der Waals surface area (Å²) in [7, 11) is 1.43. The molecule has 0 aromatic heterocycles. The van der Waals surface area contributed by atoms with Gasteiger partial charge in [0.2, 0.25) is 5.91 Å². The molecule has 1 aliphatic heterocycles. The van der Waals surface area contributed by atoms with Crippen molar-refractivity contribution >= 4 is 5.91 Å². The van der Waals surface area contributed by atoms with Crippen LogP contribution in [0.3, 0.4) is 0 Å². The standard InChI is InChI=1S/C16H23FN2O2/c1-11(12-5-7-15(21-2)14(17)10-12)19-16(20)8-6-13-4-3-9-18-13/h5,7,10-11,13,18H,3-4,6,8-9H2,1-2H3,(H,19,20). The highest BCUT2D eigenvalue weighted by Crippen LogP contribution is 2.22. The van der Waals surface area contributed by atoms with Gasteiger partial charge >= 0.3 is 0 Å². The van der Waals surface area contributed by atoms with Gasteiger partial charge in [0.25, 0.3) is 0 Å². The lowest BCUT2D eigenvalue weighted by atomic mass is 10.1. The minimum atomic E-state index is -0.411. The number of hydrogen-bond acceptors (Lipinski definition) is 3. The fourth-order valence-electron chi connectivity index (χ4n) is 2.66. The van der Waals surface area contributed by atoms with E-state index in [9.17, 15) is 9.18 Å². The first-order valence-electron chi connectivity index (χ1n) is 7.46. The Balaban J connectivity index is 1.83. The zero-order valence-corrected chi connectivity index (χ0v) is 12.6. The summed E-state index contributed by atoms with van der Waals surface area (Å²) < 4.78 is 18.5. The number of carbonyl (C=O) groups excluding carboxylic acids is 1. The zero-order chi connectivity index (χ0) is 15.2. The minimum absolute atomic E-state index is 0.00688. The number of benzene rings is 1. The van der Waals surface area contributed by atoms with Crippen LogP contribution in [0, 0.1) is 5.82 Å². The second-order valence-corrected chi connectivity index (χ2v) is 5.52. The van der Waals surface area contributed by atoms with Crippen molar-refractivity contribution in [1.29, 1.82) is 0 Å². The van der Waals surface area contributed by atoms with Crippen molar-refractivity contribution in [1.82, 2.24) is 10.6 Å². The SMILES string of the molecule is COc1ccc(C(C)NC(=O)CCC2CCCN2)cc1F. The van der Waals surface area contributed by atoms with Crippen molar-refractivity contribution in [2.45, 2.75) is 44.7 Å². The third-order valence-corrected chi connectivity index (χ3v) is 3.94. The minimum Gasteiger partial charge on any atom is -0.494 e. The van der Waals surface area contributed by atoms with Gasteiger partial charge in [-0.2, -0.15) is 0 Å². The summed E-state index contributed by atoms with van der Waals surface area (Å²) >= 11 is 0.